The number of hydrogen-bond acceptors (Lipinski definition) is 3. The molecule has 0 aliphatic heterocycles. The number of nitrogen functional groups attached to an aromatic ring is 1. The molecule has 0 bridgehead atoms. The van der Waals surface area contributed by atoms with Gasteiger partial charge in [0, 0.05) is 4.47 Å². The average molecular weight is 386 g/mol. The molecule has 0 aliphatic carbocycles. The number of anilines is 1. The smallest absolute Gasteiger partial charge is 0.250 e. The zero-order valence-electron chi connectivity index (χ0n) is 9.69. The molecule has 0 saturated heterocycles. The van der Waals surface area contributed by atoms with E-state index in [0.717, 1.165) is 8.95 Å². The highest BCUT2D eigenvalue weighted by Crippen LogP contribution is 2.35. The van der Waals surface area contributed by atoms with Crippen molar-refractivity contribution in [2.75, 3.05) is 5.73 Å². The van der Waals surface area contributed by atoms with Gasteiger partial charge >= 0.3 is 0 Å². The Morgan fingerprint density at radius 1 is 1.11 bits per heavy atom. The zero-order valence-corrected chi connectivity index (χ0v) is 12.9. The topological polar surface area (TPSA) is 78.3 Å². The lowest BCUT2D eigenvalue weighted by molar-refractivity contribution is 0.100. The molecule has 4 nitrogen and oxygen atoms in total. The Hall–Kier alpha value is -1.53. The summed E-state index contributed by atoms with van der Waals surface area (Å²) < 4.78 is 7.38. The number of halogens is 2. The molecule has 0 spiro atoms. The first kappa shape index (κ1) is 13.9. The molecular formula is C13H10Br2N2O2. The lowest BCUT2D eigenvalue weighted by Crippen LogP contribution is -2.13. The maximum Gasteiger partial charge on any atom is 0.250 e. The van der Waals surface area contributed by atoms with Crippen molar-refractivity contribution in [1.82, 2.24) is 0 Å². The van der Waals surface area contributed by atoms with Gasteiger partial charge in [-0.2, -0.15) is 0 Å². The lowest BCUT2D eigenvalue weighted by atomic mass is 10.1. The van der Waals surface area contributed by atoms with Crippen molar-refractivity contribution >= 4 is 43.5 Å². The van der Waals surface area contributed by atoms with Crippen LogP contribution in [-0.4, -0.2) is 5.91 Å². The molecular weight excluding hydrogens is 376 g/mol. The monoisotopic (exact) mass is 384 g/mol. The number of rotatable bonds is 3. The van der Waals surface area contributed by atoms with Crippen LogP contribution >= 0.6 is 31.9 Å². The second-order valence-corrected chi connectivity index (χ2v) is 5.53. The fourth-order valence-corrected chi connectivity index (χ4v) is 2.65. The van der Waals surface area contributed by atoms with E-state index in [-0.39, 0.29) is 11.3 Å². The molecule has 1 amide bonds. The van der Waals surface area contributed by atoms with Gasteiger partial charge in [0.05, 0.1) is 15.7 Å². The minimum Gasteiger partial charge on any atom is -0.454 e. The van der Waals surface area contributed by atoms with Gasteiger partial charge in [0.1, 0.15) is 5.75 Å². The molecule has 0 radical (unpaired) electrons. The van der Waals surface area contributed by atoms with E-state index in [1.54, 1.807) is 24.3 Å². The number of carbonyl (C=O) groups excluding carboxylic acids is 1. The molecule has 0 fully saturated rings. The number of ether oxygens (including phenoxy) is 1. The van der Waals surface area contributed by atoms with E-state index in [2.05, 4.69) is 31.9 Å². The Kier molecular flexibility index (Phi) is 4.11. The van der Waals surface area contributed by atoms with E-state index in [1.807, 2.05) is 12.1 Å². The Bertz CT molecular complexity index is 645. The molecule has 2 aromatic carbocycles. The summed E-state index contributed by atoms with van der Waals surface area (Å²) in [5.41, 5.74) is 11.6. The van der Waals surface area contributed by atoms with Crippen molar-refractivity contribution in [2.45, 2.75) is 0 Å². The van der Waals surface area contributed by atoms with Gasteiger partial charge in [-0.25, -0.2) is 0 Å². The maximum absolute atomic E-state index is 11.2. The summed E-state index contributed by atoms with van der Waals surface area (Å²) in [4.78, 5) is 11.2. The Balaban J connectivity index is 2.38. The van der Waals surface area contributed by atoms with Crippen molar-refractivity contribution in [2.24, 2.45) is 5.73 Å². The number of hydrogen-bond donors (Lipinski definition) is 2. The fourth-order valence-electron chi connectivity index (χ4n) is 1.52. The minimum atomic E-state index is -0.585. The van der Waals surface area contributed by atoms with Gasteiger partial charge < -0.3 is 16.2 Å². The van der Waals surface area contributed by atoms with Crippen LogP contribution in [0.15, 0.2) is 45.3 Å². The lowest BCUT2D eigenvalue weighted by Gasteiger charge is -2.12. The second kappa shape index (κ2) is 5.63. The van der Waals surface area contributed by atoms with Crippen LogP contribution in [-0.2, 0) is 0 Å². The SMILES string of the molecule is NC(=O)c1cccc(Oc2ccc(Br)cc2Br)c1N. The summed E-state index contributed by atoms with van der Waals surface area (Å²) in [7, 11) is 0. The van der Waals surface area contributed by atoms with E-state index in [0.29, 0.717) is 11.5 Å². The number of para-hydroxylation sites is 1. The van der Waals surface area contributed by atoms with Crippen molar-refractivity contribution in [3.8, 4) is 11.5 Å². The normalized spacial score (nSPS) is 10.2. The Morgan fingerprint density at radius 2 is 1.84 bits per heavy atom. The predicted octanol–water partition coefficient (Wildman–Crippen LogP) is 3.69. The third-order valence-electron chi connectivity index (χ3n) is 2.45. The van der Waals surface area contributed by atoms with Crippen LogP contribution in [0.2, 0.25) is 0 Å². The van der Waals surface area contributed by atoms with Crippen molar-refractivity contribution in [1.29, 1.82) is 0 Å². The molecule has 0 aromatic heterocycles. The van der Waals surface area contributed by atoms with Crippen molar-refractivity contribution < 1.29 is 9.53 Å². The molecule has 2 rings (SSSR count). The van der Waals surface area contributed by atoms with Crippen LogP contribution in [0.3, 0.4) is 0 Å². The standard InChI is InChI=1S/C13H10Br2N2O2/c14-7-4-5-10(9(15)6-7)19-11-3-1-2-8(12(11)16)13(17)18/h1-6H,16H2,(H2,17,18). The largest absolute Gasteiger partial charge is 0.454 e. The van der Waals surface area contributed by atoms with Gasteiger partial charge in [-0.15, -0.1) is 0 Å². The van der Waals surface area contributed by atoms with Crippen molar-refractivity contribution in [3.63, 3.8) is 0 Å². The van der Waals surface area contributed by atoms with Gasteiger partial charge in [-0.05, 0) is 46.3 Å². The van der Waals surface area contributed by atoms with Crippen LogP contribution in [0, 0.1) is 0 Å². The summed E-state index contributed by atoms with van der Waals surface area (Å²) in [5.74, 6) is 0.397. The van der Waals surface area contributed by atoms with E-state index < -0.39 is 5.91 Å². The predicted molar refractivity (Wildman–Crippen MR) is 81.3 cm³/mol. The van der Waals surface area contributed by atoms with Gasteiger partial charge in [-0.1, -0.05) is 22.0 Å². The highest BCUT2D eigenvalue weighted by atomic mass is 79.9. The Labute approximate surface area is 127 Å². The molecule has 4 N–H and O–H groups in total. The second-order valence-electron chi connectivity index (χ2n) is 3.76. The number of primary amides is 1. The van der Waals surface area contributed by atoms with Gasteiger partial charge in [0.2, 0.25) is 0 Å². The van der Waals surface area contributed by atoms with Crippen LogP contribution < -0.4 is 16.2 Å². The highest BCUT2D eigenvalue weighted by molar-refractivity contribution is 9.11. The molecule has 6 heteroatoms. The average Bonchev–Trinajstić information content (AvgIpc) is 2.34. The quantitative estimate of drug-likeness (QED) is 0.791. The number of benzene rings is 2. The Morgan fingerprint density at radius 3 is 2.47 bits per heavy atom. The van der Waals surface area contributed by atoms with Crippen LogP contribution in [0.4, 0.5) is 5.69 Å². The number of nitrogens with two attached hydrogens (primary N) is 2. The highest BCUT2D eigenvalue weighted by Gasteiger charge is 2.12. The van der Waals surface area contributed by atoms with Gasteiger partial charge in [0.15, 0.2) is 5.75 Å². The third-order valence-corrected chi connectivity index (χ3v) is 3.56. The van der Waals surface area contributed by atoms with Crippen LogP contribution in [0.1, 0.15) is 10.4 Å². The number of amides is 1. The summed E-state index contributed by atoms with van der Waals surface area (Å²) in [6, 6.07) is 10.4. The van der Waals surface area contributed by atoms with E-state index >= 15 is 0 Å². The fraction of sp³-hybridized carbons (Fsp3) is 0. The summed E-state index contributed by atoms with van der Waals surface area (Å²) in [6.07, 6.45) is 0. The number of carbonyl (C=O) groups is 1. The van der Waals surface area contributed by atoms with Crippen molar-refractivity contribution in [3.05, 3.63) is 50.9 Å². The third kappa shape index (κ3) is 3.08. The first-order valence-corrected chi connectivity index (χ1v) is 6.89. The molecule has 0 atom stereocenters. The van der Waals surface area contributed by atoms with Gasteiger partial charge in [-0.3, -0.25) is 4.79 Å². The molecule has 0 heterocycles. The summed E-state index contributed by atoms with van der Waals surface area (Å²) in [6.45, 7) is 0. The molecule has 0 saturated carbocycles. The van der Waals surface area contributed by atoms with E-state index in [4.69, 9.17) is 16.2 Å². The van der Waals surface area contributed by atoms with Gasteiger partial charge in [0.25, 0.3) is 5.91 Å². The van der Waals surface area contributed by atoms with E-state index in [1.165, 1.54) is 0 Å². The molecule has 19 heavy (non-hydrogen) atoms. The zero-order chi connectivity index (χ0) is 14.0. The first-order chi connectivity index (χ1) is 8.99. The molecule has 0 aliphatic rings. The van der Waals surface area contributed by atoms with E-state index in [9.17, 15) is 4.79 Å². The molecule has 98 valence electrons. The first-order valence-electron chi connectivity index (χ1n) is 5.30. The maximum atomic E-state index is 11.2. The molecule has 2 aromatic rings. The summed E-state index contributed by atoms with van der Waals surface area (Å²) >= 11 is 6.74. The van der Waals surface area contributed by atoms with Crippen LogP contribution in [0.25, 0.3) is 0 Å². The summed E-state index contributed by atoms with van der Waals surface area (Å²) in [5, 5.41) is 0. The minimum absolute atomic E-state index is 0.227. The van der Waals surface area contributed by atoms with Crippen LogP contribution in [0.5, 0.6) is 11.5 Å². The molecule has 0 unspecified atom stereocenters.